The molecular formula is C18H18ClN3O2. The van der Waals surface area contributed by atoms with Gasteiger partial charge < -0.3 is 9.74 Å². The summed E-state index contributed by atoms with van der Waals surface area (Å²) in [6.07, 6.45) is 2.21. The average Bonchev–Trinajstić information content (AvgIpc) is 3.05. The molecule has 2 aromatic rings. The first-order chi connectivity index (χ1) is 11.6. The number of hydrogen-bond donors (Lipinski definition) is 0. The molecule has 1 aliphatic rings. The van der Waals surface area contributed by atoms with E-state index >= 15 is 0 Å². The highest BCUT2D eigenvalue weighted by molar-refractivity contribution is 6.31. The monoisotopic (exact) mass is 343 g/mol. The Hall–Kier alpha value is -2.40. The largest absolute Gasteiger partial charge is 0.382 e. The van der Waals surface area contributed by atoms with Crippen molar-refractivity contribution >= 4 is 23.2 Å². The number of benzene rings is 1. The van der Waals surface area contributed by atoms with Crippen molar-refractivity contribution in [3.63, 3.8) is 0 Å². The zero-order valence-corrected chi connectivity index (χ0v) is 14.1. The molecule has 0 N–H and O–H groups in total. The molecule has 6 heteroatoms. The molecule has 124 valence electrons. The van der Waals surface area contributed by atoms with Crippen LogP contribution in [0.5, 0.6) is 0 Å². The van der Waals surface area contributed by atoms with Crippen molar-refractivity contribution < 1.29 is 9.63 Å². The lowest BCUT2D eigenvalue weighted by molar-refractivity contribution is -0.141. The van der Waals surface area contributed by atoms with Crippen LogP contribution < -0.4 is 0 Å². The summed E-state index contributed by atoms with van der Waals surface area (Å²) < 4.78 is 0. The van der Waals surface area contributed by atoms with Crippen LogP contribution in [0.25, 0.3) is 0 Å². The highest BCUT2D eigenvalue weighted by Gasteiger charge is 2.30. The Kier molecular flexibility index (Phi) is 5.11. The van der Waals surface area contributed by atoms with Crippen molar-refractivity contribution in [1.82, 2.24) is 9.88 Å². The zero-order chi connectivity index (χ0) is 16.9. The SMILES string of the molecule is CN(Cc1ccccn1)C(=O)[C@@H]1CC(Cc2ccccc2Cl)=NO1. The molecule has 1 aliphatic heterocycles. The van der Waals surface area contributed by atoms with Gasteiger partial charge in [0.25, 0.3) is 5.91 Å². The maximum atomic E-state index is 12.5. The lowest BCUT2D eigenvalue weighted by Gasteiger charge is -2.19. The normalized spacial score (nSPS) is 16.4. The number of rotatable bonds is 5. The van der Waals surface area contributed by atoms with Crippen LogP contribution in [0.3, 0.4) is 0 Å². The molecule has 0 spiro atoms. The van der Waals surface area contributed by atoms with Crippen molar-refractivity contribution in [3.05, 3.63) is 64.9 Å². The summed E-state index contributed by atoms with van der Waals surface area (Å²) in [4.78, 5) is 23.7. The smallest absolute Gasteiger partial charge is 0.266 e. The standard InChI is InChI=1S/C18H18ClN3O2/c1-22(12-14-7-4-5-9-20-14)18(23)17-11-15(21-24-17)10-13-6-2-3-8-16(13)19/h2-9,17H,10-12H2,1H3/t17-/m0/s1. The van der Waals surface area contributed by atoms with E-state index in [1.165, 1.54) is 0 Å². The summed E-state index contributed by atoms with van der Waals surface area (Å²) in [6.45, 7) is 0.444. The topological polar surface area (TPSA) is 54.8 Å². The van der Waals surface area contributed by atoms with Crippen LogP contribution in [0.15, 0.2) is 53.8 Å². The molecule has 0 radical (unpaired) electrons. The van der Waals surface area contributed by atoms with Crippen LogP contribution in [0.4, 0.5) is 0 Å². The van der Waals surface area contributed by atoms with Crippen molar-refractivity contribution in [2.45, 2.75) is 25.5 Å². The third-order valence-electron chi connectivity index (χ3n) is 3.86. The van der Waals surface area contributed by atoms with Gasteiger partial charge in [0.2, 0.25) is 6.10 Å². The Bertz CT molecular complexity index is 749. The van der Waals surface area contributed by atoms with Crippen LogP contribution in [0.1, 0.15) is 17.7 Å². The summed E-state index contributed by atoms with van der Waals surface area (Å²) >= 11 is 6.16. The van der Waals surface area contributed by atoms with Crippen LogP contribution >= 0.6 is 11.6 Å². The van der Waals surface area contributed by atoms with Crippen LogP contribution in [0.2, 0.25) is 5.02 Å². The minimum Gasteiger partial charge on any atom is -0.382 e. The third-order valence-corrected chi connectivity index (χ3v) is 4.23. The number of carbonyl (C=O) groups excluding carboxylic acids is 1. The summed E-state index contributed by atoms with van der Waals surface area (Å²) in [5.74, 6) is -0.0986. The van der Waals surface area contributed by atoms with Gasteiger partial charge in [-0.25, -0.2) is 0 Å². The molecule has 0 saturated heterocycles. The Morgan fingerprint density at radius 3 is 2.83 bits per heavy atom. The molecular weight excluding hydrogens is 326 g/mol. The minimum absolute atomic E-state index is 0.0986. The van der Waals surface area contributed by atoms with E-state index in [9.17, 15) is 4.79 Å². The Morgan fingerprint density at radius 1 is 1.29 bits per heavy atom. The predicted octanol–water partition coefficient (Wildman–Crippen LogP) is 3.08. The van der Waals surface area contributed by atoms with E-state index in [0.29, 0.717) is 24.4 Å². The molecule has 3 rings (SSSR count). The van der Waals surface area contributed by atoms with Crippen LogP contribution in [0, 0.1) is 0 Å². The number of amides is 1. The molecule has 0 unspecified atom stereocenters. The van der Waals surface area contributed by atoms with Gasteiger partial charge in [-0.05, 0) is 23.8 Å². The first-order valence-corrected chi connectivity index (χ1v) is 8.11. The first kappa shape index (κ1) is 16.5. The summed E-state index contributed by atoms with van der Waals surface area (Å²) in [6, 6.07) is 13.2. The second kappa shape index (κ2) is 7.45. The average molecular weight is 344 g/mol. The molecule has 0 bridgehead atoms. The van der Waals surface area contributed by atoms with Crippen LogP contribution in [-0.4, -0.2) is 34.7 Å². The number of aromatic nitrogens is 1. The highest BCUT2D eigenvalue weighted by atomic mass is 35.5. The Balaban J connectivity index is 1.56. The van der Waals surface area contributed by atoms with Crippen molar-refractivity contribution in [3.8, 4) is 0 Å². The quantitative estimate of drug-likeness (QED) is 0.838. The summed E-state index contributed by atoms with van der Waals surface area (Å²) in [5.41, 5.74) is 2.65. The van der Waals surface area contributed by atoms with Gasteiger partial charge in [0.05, 0.1) is 18.0 Å². The number of pyridine rings is 1. The van der Waals surface area contributed by atoms with Gasteiger partial charge in [-0.3, -0.25) is 9.78 Å². The van der Waals surface area contributed by atoms with Gasteiger partial charge in [0.15, 0.2) is 0 Å². The van der Waals surface area contributed by atoms with Crippen molar-refractivity contribution in [2.75, 3.05) is 7.05 Å². The van der Waals surface area contributed by atoms with E-state index in [1.54, 1.807) is 18.1 Å². The van der Waals surface area contributed by atoms with Crippen LogP contribution in [-0.2, 0) is 22.6 Å². The molecule has 1 aromatic heterocycles. The van der Waals surface area contributed by atoms with Gasteiger partial charge in [0.1, 0.15) is 0 Å². The number of carbonyl (C=O) groups is 1. The number of nitrogens with zero attached hydrogens (tertiary/aromatic N) is 3. The highest BCUT2D eigenvalue weighted by Crippen LogP contribution is 2.21. The molecule has 1 aromatic carbocycles. The van der Waals surface area contributed by atoms with E-state index in [4.69, 9.17) is 16.4 Å². The van der Waals surface area contributed by atoms with Crippen molar-refractivity contribution in [2.24, 2.45) is 5.16 Å². The number of halogens is 1. The number of likely N-dealkylation sites (N-methyl/N-ethyl adjacent to an activating group) is 1. The van der Waals surface area contributed by atoms with Crippen molar-refractivity contribution in [1.29, 1.82) is 0 Å². The third kappa shape index (κ3) is 3.92. The molecule has 0 saturated carbocycles. The molecule has 1 atom stereocenters. The first-order valence-electron chi connectivity index (χ1n) is 7.73. The van der Waals surface area contributed by atoms with Gasteiger partial charge in [-0.2, -0.15) is 0 Å². The van der Waals surface area contributed by atoms with E-state index < -0.39 is 6.10 Å². The van der Waals surface area contributed by atoms with E-state index in [0.717, 1.165) is 17.0 Å². The maximum absolute atomic E-state index is 12.5. The Labute approximate surface area is 145 Å². The second-order valence-electron chi connectivity index (χ2n) is 5.74. The lowest BCUT2D eigenvalue weighted by atomic mass is 10.0. The van der Waals surface area contributed by atoms with E-state index in [-0.39, 0.29) is 5.91 Å². The fourth-order valence-corrected chi connectivity index (χ4v) is 2.79. The molecule has 0 fully saturated rings. The predicted molar refractivity (Wildman–Crippen MR) is 92.8 cm³/mol. The molecule has 2 heterocycles. The summed E-state index contributed by atoms with van der Waals surface area (Å²) in [5, 5.41) is 4.76. The zero-order valence-electron chi connectivity index (χ0n) is 13.4. The summed E-state index contributed by atoms with van der Waals surface area (Å²) in [7, 11) is 1.74. The Morgan fingerprint density at radius 2 is 2.08 bits per heavy atom. The van der Waals surface area contributed by atoms with E-state index in [1.807, 2.05) is 42.5 Å². The van der Waals surface area contributed by atoms with Gasteiger partial charge in [0, 0.05) is 31.1 Å². The fraction of sp³-hybridized carbons (Fsp3) is 0.278. The number of hydrogen-bond acceptors (Lipinski definition) is 4. The maximum Gasteiger partial charge on any atom is 0.266 e. The molecule has 24 heavy (non-hydrogen) atoms. The fourth-order valence-electron chi connectivity index (χ4n) is 2.58. The second-order valence-corrected chi connectivity index (χ2v) is 6.15. The van der Waals surface area contributed by atoms with Gasteiger partial charge in [-0.1, -0.05) is 41.0 Å². The molecule has 1 amide bonds. The van der Waals surface area contributed by atoms with Gasteiger partial charge in [-0.15, -0.1) is 0 Å². The molecule has 5 nitrogen and oxygen atoms in total. The number of oxime groups is 1. The lowest BCUT2D eigenvalue weighted by Crippen LogP contribution is -2.36. The molecule has 0 aliphatic carbocycles. The van der Waals surface area contributed by atoms with Gasteiger partial charge >= 0.3 is 0 Å². The minimum atomic E-state index is -0.573. The van der Waals surface area contributed by atoms with E-state index in [2.05, 4.69) is 10.1 Å².